The SMILES string of the molecule is Cc1ccccc1C(=O)N1CCSc2cc(C(O)(C(F)(F)F)C(F)(F)F)ccc21. The van der Waals surface area contributed by atoms with E-state index in [9.17, 15) is 36.2 Å². The van der Waals surface area contributed by atoms with Crippen molar-refractivity contribution in [2.24, 2.45) is 0 Å². The van der Waals surface area contributed by atoms with Gasteiger partial charge in [-0.25, -0.2) is 0 Å². The lowest BCUT2D eigenvalue weighted by Crippen LogP contribution is -2.54. The molecule has 2 aromatic carbocycles. The lowest BCUT2D eigenvalue weighted by Gasteiger charge is -2.35. The molecule has 0 unspecified atom stereocenters. The minimum Gasteiger partial charge on any atom is -0.369 e. The third kappa shape index (κ3) is 3.59. The maximum absolute atomic E-state index is 13.1. The summed E-state index contributed by atoms with van der Waals surface area (Å²) in [5.41, 5.74) is -5.06. The fourth-order valence-corrected chi connectivity index (χ4v) is 4.13. The molecule has 29 heavy (non-hydrogen) atoms. The van der Waals surface area contributed by atoms with Gasteiger partial charge < -0.3 is 10.0 Å². The Morgan fingerprint density at radius 3 is 2.24 bits per heavy atom. The van der Waals surface area contributed by atoms with Gasteiger partial charge in [0.1, 0.15) is 0 Å². The van der Waals surface area contributed by atoms with Crippen LogP contribution in [0.5, 0.6) is 0 Å². The van der Waals surface area contributed by atoms with E-state index in [2.05, 4.69) is 0 Å². The van der Waals surface area contributed by atoms with Crippen LogP contribution in [-0.4, -0.2) is 35.7 Å². The van der Waals surface area contributed by atoms with E-state index in [1.54, 1.807) is 31.2 Å². The van der Waals surface area contributed by atoms with Gasteiger partial charge in [0.2, 0.25) is 0 Å². The molecule has 0 atom stereocenters. The van der Waals surface area contributed by atoms with Gasteiger partial charge in [0, 0.05) is 28.3 Å². The van der Waals surface area contributed by atoms with Gasteiger partial charge in [-0.1, -0.05) is 24.3 Å². The first kappa shape index (κ1) is 21.5. The van der Waals surface area contributed by atoms with E-state index in [1.807, 2.05) is 0 Å². The van der Waals surface area contributed by atoms with Crippen molar-refractivity contribution in [3.05, 3.63) is 59.2 Å². The first-order valence-electron chi connectivity index (χ1n) is 8.38. The number of benzene rings is 2. The van der Waals surface area contributed by atoms with Crippen LogP contribution < -0.4 is 4.90 Å². The second-order valence-electron chi connectivity index (χ2n) is 6.51. The van der Waals surface area contributed by atoms with Gasteiger partial charge >= 0.3 is 12.4 Å². The number of amides is 1. The average molecular weight is 435 g/mol. The molecule has 10 heteroatoms. The van der Waals surface area contributed by atoms with Crippen molar-refractivity contribution >= 4 is 23.4 Å². The first-order valence-corrected chi connectivity index (χ1v) is 9.37. The molecule has 0 aliphatic carbocycles. The molecule has 3 rings (SSSR count). The van der Waals surface area contributed by atoms with Gasteiger partial charge in [-0.05, 0) is 30.7 Å². The smallest absolute Gasteiger partial charge is 0.369 e. The van der Waals surface area contributed by atoms with Crippen LogP contribution in [0.1, 0.15) is 21.5 Å². The van der Waals surface area contributed by atoms with Crippen LogP contribution in [-0.2, 0) is 5.60 Å². The quantitative estimate of drug-likeness (QED) is 0.671. The molecular weight excluding hydrogens is 420 g/mol. The van der Waals surface area contributed by atoms with E-state index < -0.39 is 29.4 Å². The van der Waals surface area contributed by atoms with E-state index in [4.69, 9.17) is 0 Å². The number of fused-ring (bicyclic) bond motifs is 1. The van der Waals surface area contributed by atoms with Gasteiger partial charge in [0.25, 0.3) is 11.5 Å². The van der Waals surface area contributed by atoms with Crippen molar-refractivity contribution in [1.29, 1.82) is 0 Å². The highest BCUT2D eigenvalue weighted by molar-refractivity contribution is 7.99. The third-order valence-corrected chi connectivity index (χ3v) is 5.71. The molecule has 3 nitrogen and oxygen atoms in total. The van der Waals surface area contributed by atoms with Crippen molar-refractivity contribution in [1.82, 2.24) is 0 Å². The van der Waals surface area contributed by atoms with E-state index in [1.165, 1.54) is 4.90 Å². The fourth-order valence-electron chi connectivity index (χ4n) is 3.10. The van der Waals surface area contributed by atoms with Crippen molar-refractivity contribution in [2.75, 3.05) is 17.2 Å². The number of alkyl halides is 6. The molecule has 1 aliphatic heterocycles. The molecule has 0 saturated heterocycles. The number of carbonyl (C=O) groups is 1. The summed E-state index contributed by atoms with van der Waals surface area (Å²) < 4.78 is 78.9. The van der Waals surface area contributed by atoms with E-state index >= 15 is 0 Å². The number of thioether (sulfide) groups is 1. The van der Waals surface area contributed by atoms with Crippen LogP contribution in [0.3, 0.4) is 0 Å². The largest absolute Gasteiger partial charge is 0.430 e. The number of halogens is 6. The van der Waals surface area contributed by atoms with E-state index in [0.717, 1.165) is 17.8 Å². The molecule has 156 valence electrons. The Bertz CT molecular complexity index is 927. The Hall–Kier alpha value is -2.20. The summed E-state index contributed by atoms with van der Waals surface area (Å²) in [6.45, 7) is 1.97. The lowest BCUT2D eigenvalue weighted by atomic mass is 9.92. The Morgan fingerprint density at radius 2 is 1.66 bits per heavy atom. The minimum absolute atomic E-state index is 0.0580. The molecule has 0 saturated carbocycles. The molecule has 0 bridgehead atoms. The van der Waals surface area contributed by atoms with Gasteiger partial charge in [0.15, 0.2) is 0 Å². The monoisotopic (exact) mass is 435 g/mol. The average Bonchev–Trinajstić information content (AvgIpc) is 2.64. The Labute approximate surface area is 166 Å². The normalized spacial score (nSPS) is 15.2. The summed E-state index contributed by atoms with van der Waals surface area (Å²) in [6, 6.07) is 8.95. The van der Waals surface area contributed by atoms with E-state index in [0.29, 0.717) is 23.3 Å². The van der Waals surface area contributed by atoms with Gasteiger partial charge in [-0.2, -0.15) is 26.3 Å². The van der Waals surface area contributed by atoms with Crippen LogP contribution in [0.4, 0.5) is 32.0 Å². The number of anilines is 1. The summed E-state index contributed by atoms with van der Waals surface area (Å²) in [6.07, 6.45) is -11.9. The molecule has 0 fully saturated rings. The van der Waals surface area contributed by atoms with Gasteiger partial charge in [0.05, 0.1) is 5.69 Å². The molecule has 0 radical (unpaired) electrons. The van der Waals surface area contributed by atoms with Crippen molar-refractivity contribution < 1.29 is 36.2 Å². The second kappa shape index (κ2) is 7.24. The Balaban J connectivity index is 2.06. The highest BCUT2D eigenvalue weighted by Gasteiger charge is 2.71. The van der Waals surface area contributed by atoms with Crippen LogP contribution in [0.2, 0.25) is 0 Å². The summed E-state index contributed by atoms with van der Waals surface area (Å²) in [5, 5.41) is 9.61. The standard InChI is InChI=1S/C19H15F6NO2S/c1-11-4-2-3-5-13(11)16(27)26-8-9-29-15-10-12(6-7-14(15)26)17(28,18(20,21)22)19(23,24)25/h2-7,10,28H,8-9H2,1H3. The zero-order valence-electron chi connectivity index (χ0n) is 14.9. The molecule has 1 amide bonds. The number of carbonyl (C=O) groups excluding carboxylic acids is 1. The summed E-state index contributed by atoms with van der Waals surface area (Å²) in [4.78, 5) is 14.3. The van der Waals surface area contributed by atoms with Gasteiger partial charge in [-0.3, -0.25) is 4.79 Å². The molecule has 0 spiro atoms. The van der Waals surface area contributed by atoms with Crippen LogP contribution >= 0.6 is 11.8 Å². The minimum atomic E-state index is -5.96. The van der Waals surface area contributed by atoms with Crippen LogP contribution in [0.25, 0.3) is 0 Å². The molecule has 2 aromatic rings. The number of aryl methyl sites for hydroxylation is 1. The molecule has 1 heterocycles. The summed E-state index contributed by atoms with van der Waals surface area (Å²) >= 11 is 1.02. The maximum atomic E-state index is 13.1. The van der Waals surface area contributed by atoms with Crippen LogP contribution in [0.15, 0.2) is 47.4 Å². The zero-order valence-corrected chi connectivity index (χ0v) is 15.8. The predicted octanol–water partition coefficient (Wildman–Crippen LogP) is 5.06. The molecule has 1 aliphatic rings. The van der Waals surface area contributed by atoms with Crippen molar-refractivity contribution in [3.8, 4) is 0 Å². The number of aliphatic hydroxyl groups is 1. The number of nitrogens with zero attached hydrogens (tertiary/aromatic N) is 1. The fraction of sp³-hybridized carbons (Fsp3) is 0.316. The topological polar surface area (TPSA) is 40.5 Å². The summed E-state index contributed by atoms with van der Waals surface area (Å²) in [5.74, 6) is -0.121. The number of hydrogen-bond acceptors (Lipinski definition) is 3. The predicted molar refractivity (Wildman–Crippen MR) is 96.0 cm³/mol. The highest BCUT2D eigenvalue weighted by atomic mass is 32.2. The molecule has 0 aromatic heterocycles. The Kier molecular flexibility index (Phi) is 5.37. The van der Waals surface area contributed by atoms with Gasteiger partial charge in [-0.15, -0.1) is 11.8 Å². The first-order chi connectivity index (χ1) is 13.4. The number of hydrogen-bond donors (Lipinski definition) is 1. The summed E-state index contributed by atoms with van der Waals surface area (Å²) in [7, 11) is 0. The lowest BCUT2D eigenvalue weighted by molar-refractivity contribution is -0.376. The van der Waals surface area contributed by atoms with Crippen molar-refractivity contribution in [3.63, 3.8) is 0 Å². The zero-order chi connectivity index (χ0) is 21.6. The molecular formula is C19H15F6NO2S. The number of rotatable bonds is 2. The molecule has 1 N–H and O–H groups in total. The maximum Gasteiger partial charge on any atom is 0.430 e. The Morgan fingerprint density at radius 1 is 1.03 bits per heavy atom. The van der Waals surface area contributed by atoms with Crippen molar-refractivity contribution in [2.45, 2.75) is 29.8 Å². The van der Waals surface area contributed by atoms with E-state index in [-0.39, 0.29) is 22.9 Å². The highest BCUT2D eigenvalue weighted by Crippen LogP contribution is 2.51. The van der Waals surface area contributed by atoms with Crippen LogP contribution in [0, 0.1) is 6.92 Å². The third-order valence-electron chi connectivity index (χ3n) is 4.68. The second-order valence-corrected chi connectivity index (χ2v) is 7.65.